The van der Waals surface area contributed by atoms with Crippen LogP contribution in [0.25, 0.3) is 0 Å². The van der Waals surface area contributed by atoms with Crippen molar-refractivity contribution < 1.29 is 9.84 Å². The third kappa shape index (κ3) is 4.99. The molecule has 102 valence electrons. The molecule has 1 N–H and O–H groups in total. The molecule has 0 amide bonds. The summed E-state index contributed by atoms with van der Waals surface area (Å²) in [5, 5.41) is 9.77. The van der Waals surface area contributed by atoms with E-state index in [1.54, 1.807) is 6.07 Å². The van der Waals surface area contributed by atoms with Crippen LogP contribution in [0.15, 0.2) is 18.2 Å². The lowest BCUT2D eigenvalue weighted by molar-refractivity contribution is 0.314. The van der Waals surface area contributed by atoms with Crippen LogP contribution < -0.4 is 4.74 Å². The van der Waals surface area contributed by atoms with Crippen molar-refractivity contribution in [3.8, 4) is 11.5 Å². The van der Waals surface area contributed by atoms with Crippen molar-refractivity contribution in [1.29, 1.82) is 0 Å². The first-order chi connectivity index (χ1) is 8.79. The molecule has 0 aliphatic heterocycles. The molecule has 1 rings (SSSR count). The highest BCUT2D eigenvalue weighted by Gasteiger charge is 2.07. The zero-order valence-corrected chi connectivity index (χ0v) is 11.7. The molecule has 0 radical (unpaired) electrons. The van der Waals surface area contributed by atoms with Crippen LogP contribution in [0.4, 0.5) is 0 Å². The SMILES string of the molecule is CCCCCCCCc1cccc(O)c1OCC. The fraction of sp³-hybridized carbons (Fsp3) is 0.625. The van der Waals surface area contributed by atoms with Crippen LogP contribution in [0.3, 0.4) is 0 Å². The molecule has 0 spiro atoms. The van der Waals surface area contributed by atoms with Gasteiger partial charge in [0.2, 0.25) is 0 Å². The van der Waals surface area contributed by atoms with Crippen molar-refractivity contribution in [3.63, 3.8) is 0 Å². The van der Waals surface area contributed by atoms with Gasteiger partial charge in [-0.2, -0.15) is 0 Å². The van der Waals surface area contributed by atoms with Gasteiger partial charge in [0.25, 0.3) is 0 Å². The zero-order valence-electron chi connectivity index (χ0n) is 11.7. The van der Waals surface area contributed by atoms with Gasteiger partial charge in [0.15, 0.2) is 11.5 Å². The molecule has 1 aromatic rings. The second kappa shape index (κ2) is 8.84. The summed E-state index contributed by atoms with van der Waals surface area (Å²) in [6, 6.07) is 5.64. The van der Waals surface area contributed by atoms with Crippen molar-refractivity contribution in [2.24, 2.45) is 0 Å². The quantitative estimate of drug-likeness (QED) is 0.644. The average Bonchev–Trinajstić information content (AvgIpc) is 2.37. The van der Waals surface area contributed by atoms with Gasteiger partial charge in [0.1, 0.15) is 0 Å². The van der Waals surface area contributed by atoms with Crippen LogP contribution in [0.2, 0.25) is 0 Å². The van der Waals surface area contributed by atoms with E-state index in [-0.39, 0.29) is 5.75 Å². The maximum Gasteiger partial charge on any atom is 0.164 e. The third-order valence-electron chi connectivity index (χ3n) is 3.16. The van der Waals surface area contributed by atoms with Crippen LogP contribution in [-0.2, 0) is 6.42 Å². The van der Waals surface area contributed by atoms with Gasteiger partial charge in [-0.15, -0.1) is 0 Å². The Labute approximate surface area is 111 Å². The summed E-state index contributed by atoms with van der Waals surface area (Å²) < 4.78 is 5.51. The summed E-state index contributed by atoms with van der Waals surface area (Å²) in [7, 11) is 0. The monoisotopic (exact) mass is 250 g/mol. The molecule has 0 atom stereocenters. The highest BCUT2D eigenvalue weighted by Crippen LogP contribution is 2.31. The Kier molecular flexibility index (Phi) is 7.31. The van der Waals surface area contributed by atoms with Gasteiger partial charge in [0, 0.05) is 0 Å². The Hall–Kier alpha value is -1.18. The van der Waals surface area contributed by atoms with Gasteiger partial charge in [-0.1, -0.05) is 51.2 Å². The van der Waals surface area contributed by atoms with Crippen molar-refractivity contribution >= 4 is 0 Å². The summed E-state index contributed by atoms with van der Waals surface area (Å²) in [6.07, 6.45) is 8.73. The minimum atomic E-state index is 0.264. The minimum Gasteiger partial charge on any atom is -0.504 e. The summed E-state index contributed by atoms with van der Waals surface area (Å²) in [5.41, 5.74) is 1.13. The summed E-state index contributed by atoms with van der Waals surface area (Å²) in [4.78, 5) is 0. The van der Waals surface area contributed by atoms with E-state index in [9.17, 15) is 5.11 Å². The molecule has 0 bridgehead atoms. The second-order valence-electron chi connectivity index (χ2n) is 4.72. The van der Waals surface area contributed by atoms with E-state index >= 15 is 0 Å². The fourth-order valence-corrected chi connectivity index (χ4v) is 2.17. The molecule has 2 heteroatoms. The molecule has 0 saturated carbocycles. The van der Waals surface area contributed by atoms with Crippen molar-refractivity contribution in [1.82, 2.24) is 0 Å². The van der Waals surface area contributed by atoms with Gasteiger partial charge in [0.05, 0.1) is 6.61 Å². The topological polar surface area (TPSA) is 29.5 Å². The van der Waals surface area contributed by atoms with Crippen LogP contribution in [-0.4, -0.2) is 11.7 Å². The van der Waals surface area contributed by atoms with Crippen molar-refractivity contribution in [2.45, 2.75) is 58.8 Å². The molecule has 0 saturated heterocycles. The van der Waals surface area contributed by atoms with Gasteiger partial charge >= 0.3 is 0 Å². The normalized spacial score (nSPS) is 10.6. The number of aromatic hydroxyl groups is 1. The number of aryl methyl sites for hydroxylation is 1. The zero-order chi connectivity index (χ0) is 13.2. The van der Waals surface area contributed by atoms with Crippen LogP contribution in [0.5, 0.6) is 11.5 Å². The highest BCUT2D eigenvalue weighted by molar-refractivity contribution is 5.45. The molecule has 0 unspecified atom stereocenters. The number of hydrogen-bond donors (Lipinski definition) is 1. The number of ether oxygens (including phenoxy) is 1. The molecule has 18 heavy (non-hydrogen) atoms. The number of phenols is 1. The second-order valence-corrected chi connectivity index (χ2v) is 4.72. The lowest BCUT2D eigenvalue weighted by atomic mass is 10.0. The fourth-order valence-electron chi connectivity index (χ4n) is 2.17. The van der Waals surface area contributed by atoms with E-state index in [4.69, 9.17) is 4.74 Å². The molecule has 1 aromatic carbocycles. The Morgan fingerprint density at radius 3 is 2.44 bits per heavy atom. The Bertz CT molecular complexity index is 334. The first-order valence-corrected chi connectivity index (χ1v) is 7.23. The largest absolute Gasteiger partial charge is 0.504 e. The third-order valence-corrected chi connectivity index (χ3v) is 3.16. The highest BCUT2D eigenvalue weighted by atomic mass is 16.5. The molecular weight excluding hydrogens is 224 g/mol. The maximum absolute atomic E-state index is 9.77. The standard InChI is InChI=1S/C16H26O2/c1-3-5-6-7-8-9-11-14-12-10-13-15(17)16(14)18-4-2/h10,12-13,17H,3-9,11H2,1-2H3. The molecule has 0 fully saturated rings. The number of benzene rings is 1. The van der Waals surface area contributed by atoms with Gasteiger partial charge in [-0.25, -0.2) is 0 Å². The first kappa shape index (κ1) is 14.9. The van der Waals surface area contributed by atoms with E-state index in [0.29, 0.717) is 12.4 Å². The van der Waals surface area contributed by atoms with Crippen molar-refractivity contribution in [3.05, 3.63) is 23.8 Å². The molecule has 0 heterocycles. The molecule has 0 aliphatic rings. The Morgan fingerprint density at radius 1 is 1.00 bits per heavy atom. The van der Waals surface area contributed by atoms with E-state index in [1.165, 1.54) is 38.5 Å². The molecular formula is C16H26O2. The van der Waals surface area contributed by atoms with Crippen molar-refractivity contribution in [2.75, 3.05) is 6.61 Å². The molecule has 0 aromatic heterocycles. The van der Waals surface area contributed by atoms with E-state index in [0.717, 1.165) is 12.0 Å². The van der Waals surface area contributed by atoms with Gasteiger partial charge in [-0.05, 0) is 31.4 Å². The van der Waals surface area contributed by atoms with Crippen LogP contribution >= 0.6 is 0 Å². The lowest BCUT2D eigenvalue weighted by Crippen LogP contribution is -1.97. The smallest absolute Gasteiger partial charge is 0.164 e. The minimum absolute atomic E-state index is 0.264. The lowest BCUT2D eigenvalue weighted by Gasteiger charge is -2.11. The summed E-state index contributed by atoms with van der Waals surface area (Å²) in [5.74, 6) is 0.939. The molecule has 2 nitrogen and oxygen atoms in total. The number of phenolic OH excluding ortho intramolecular Hbond substituents is 1. The Balaban J connectivity index is 2.39. The van der Waals surface area contributed by atoms with Crippen LogP contribution in [0, 0.1) is 0 Å². The van der Waals surface area contributed by atoms with E-state index in [1.807, 2.05) is 13.0 Å². The van der Waals surface area contributed by atoms with E-state index in [2.05, 4.69) is 13.0 Å². The maximum atomic E-state index is 9.77. The summed E-state index contributed by atoms with van der Waals surface area (Å²) >= 11 is 0. The number of para-hydroxylation sites is 1. The first-order valence-electron chi connectivity index (χ1n) is 7.23. The van der Waals surface area contributed by atoms with Gasteiger partial charge < -0.3 is 9.84 Å². The van der Waals surface area contributed by atoms with Crippen LogP contribution in [0.1, 0.15) is 57.9 Å². The number of rotatable bonds is 9. The Morgan fingerprint density at radius 2 is 1.72 bits per heavy atom. The molecule has 0 aliphatic carbocycles. The van der Waals surface area contributed by atoms with E-state index < -0.39 is 0 Å². The predicted molar refractivity (Wildman–Crippen MR) is 76.4 cm³/mol. The average molecular weight is 250 g/mol. The summed E-state index contributed by atoms with van der Waals surface area (Å²) in [6.45, 7) is 4.78. The number of hydrogen-bond acceptors (Lipinski definition) is 2. The number of unbranched alkanes of at least 4 members (excludes halogenated alkanes) is 5. The van der Waals surface area contributed by atoms with Gasteiger partial charge in [-0.3, -0.25) is 0 Å². The predicted octanol–water partition coefficient (Wildman–Crippen LogP) is 4.69.